The van der Waals surface area contributed by atoms with Gasteiger partial charge in [-0.15, -0.1) is 0 Å². The largest absolute Gasteiger partial charge is 0.494 e. The van der Waals surface area contributed by atoms with Crippen LogP contribution in [0, 0.1) is 0 Å². The number of ether oxygens (including phenoxy) is 3. The molecule has 1 aliphatic rings. The first-order chi connectivity index (χ1) is 13.2. The maximum Gasteiger partial charge on any atom is 0.243 e. The lowest BCUT2D eigenvalue weighted by molar-refractivity contribution is -0.114. The van der Waals surface area contributed by atoms with Gasteiger partial charge in [-0.2, -0.15) is 0 Å². The molecule has 0 saturated carbocycles. The Balaban J connectivity index is 1.47. The molecule has 2 N–H and O–H groups in total. The molecule has 1 heterocycles. The standard InChI is InChI=1S/C21H26N2O4/c1-2-25-18-8-3-6-16(12-18)22-14-21(24)23-17-7-4-9-19(13-17)27-15-20-10-5-11-26-20/h3-4,6-9,12-13,20,22H,2,5,10-11,14-15H2,1H3,(H,23,24). The van der Waals surface area contributed by atoms with Crippen molar-refractivity contribution in [1.29, 1.82) is 0 Å². The van der Waals surface area contributed by atoms with Gasteiger partial charge in [0.05, 0.1) is 19.3 Å². The van der Waals surface area contributed by atoms with Crippen molar-refractivity contribution in [3.8, 4) is 11.5 Å². The Kier molecular flexibility index (Phi) is 6.93. The van der Waals surface area contributed by atoms with Gasteiger partial charge in [0, 0.05) is 30.1 Å². The Bertz CT molecular complexity index is 744. The summed E-state index contributed by atoms with van der Waals surface area (Å²) >= 11 is 0. The predicted octanol–water partition coefficient (Wildman–Crippen LogP) is 3.69. The molecular weight excluding hydrogens is 344 g/mol. The molecule has 0 aliphatic carbocycles. The van der Waals surface area contributed by atoms with Gasteiger partial charge in [0.1, 0.15) is 18.1 Å². The summed E-state index contributed by atoms with van der Waals surface area (Å²) in [5, 5.41) is 5.98. The van der Waals surface area contributed by atoms with Crippen LogP contribution in [0.25, 0.3) is 0 Å². The van der Waals surface area contributed by atoms with Crippen LogP contribution in [0.1, 0.15) is 19.8 Å². The van der Waals surface area contributed by atoms with Gasteiger partial charge in [-0.25, -0.2) is 0 Å². The molecule has 1 fully saturated rings. The first-order valence-corrected chi connectivity index (χ1v) is 9.34. The molecule has 6 nitrogen and oxygen atoms in total. The van der Waals surface area contributed by atoms with E-state index in [0.29, 0.717) is 18.9 Å². The van der Waals surface area contributed by atoms with E-state index in [-0.39, 0.29) is 18.6 Å². The summed E-state index contributed by atoms with van der Waals surface area (Å²) in [6, 6.07) is 14.9. The number of carbonyl (C=O) groups excluding carboxylic acids is 1. The number of amides is 1. The summed E-state index contributed by atoms with van der Waals surface area (Å²) in [5.41, 5.74) is 1.54. The van der Waals surface area contributed by atoms with E-state index in [1.165, 1.54) is 0 Å². The maximum absolute atomic E-state index is 12.2. The lowest BCUT2D eigenvalue weighted by Gasteiger charge is -2.13. The van der Waals surface area contributed by atoms with Crippen molar-refractivity contribution in [3.05, 3.63) is 48.5 Å². The zero-order valence-electron chi connectivity index (χ0n) is 15.6. The van der Waals surface area contributed by atoms with Crippen molar-refractivity contribution in [2.45, 2.75) is 25.9 Å². The molecule has 1 unspecified atom stereocenters. The molecule has 0 spiro atoms. The topological polar surface area (TPSA) is 68.8 Å². The van der Waals surface area contributed by atoms with Crippen LogP contribution in [0.2, 0.25) is 0 Å². The van der Waals surface area contributed by atoms with Crippen LogP contribution < -0.4 is 20.1 Å². The average molecular weight is 370 g/mol. The minimum absolute atomic E-state index is 0.131. The molecule has 2 aromatic carbocycles. The average Bonchev–Trinajstić information content (AvgIpc) is 3.19. The Hall–Kier alpha value is -2.73. The fraction of sp³-hybridized carbons (Fsp3) is 0.381. The molecule has 27 heavy (non-hydrogen) atoms. The highest BCUT2D eigenvalue weighted by molar-refractivity contribution is 5.93. The third-order valence-electron chi connectivity index (χ3n) is 4.18. The van der Waals surface area contributed by atoms with E-state index in [1.54, 1.807) is 0 Å². The highest BCUT2D eigenvalue weighted by atomic mass is 16.5. The highest BCUT2D eigenvalue weighted by Gasteiger charge is 2.16. The van der Waals surface area contributed by atoms with Crippen molar-refractivity contribution >= 4 is 17.3 Å². The van der Waals surface area contributed by atoms with Gasteiger partial charge in [-0.1, -0.05) is 12.1 Å². The first-order valence-electron chi connectivity index (χ1n) is 9.34. The van der Waals surface area contributed by atoms with Crippen LogP contribution >= 0.6 is 0 Å². The van der Waals surface area contributed by atoms with Crippen molar-refractivity contribution < 1.29 is 19.0 Å². The summed E-state index contributed by atoms with van der Waals surface area (Å²) in [5.74, 6) is 1.37. The van der Waals surface area contributed by atoms with E-state index < -0.39 is 0 Å². The number of nitrogens with one attached hydrogen (secondary N) is 2. The zero-order chi connectivity index (χ0) is 18.9. The van der Waals surface area contributed by atoms with Gasteiger partial charge >= 0.3 is 0 Å². The summed E-state index contributed by atoms with van der Waals surface area (Å²) in [4.78, 5) is 12.2. The Morgan fingerprint density at radius 3 is 2.59 bits per heavy atom. The number of carbonyl (C=O) groups is 1. The number of hydrogen-bond donors (Lipinski definition) is 2. The van der Waals surface area contributed by atoms with E-state index >= 15 is 0 Å². The van der Waals surface area contributed by atoms with Gasteiger partial charge < -0.3 is 24.8 Å². The van der Waals surface area contributed by atoms with Crippen LogP contribution in [-0.4, -0.2) is 38.4 Å². The normalized spacial score (nSPS) is 16.0. The summed E-state index contributed by atoms with van der Waals surface area (Å²) in [6.07, 6.45) is 2.29. The minimum Gasteiger partial charge on any atom is -0.494 e. The molecule has 1 atom stereocenters. The second-order valence-corrected chi connectivity index (χ2v) is 6.34. The van der Waals surface area contributed by atoms with Crippen molar-refractivity contribution in [2.24, 2.45) is 0 Å². The third-order valence-corrected chi connectivity index (χ3v) is 4.18. The van der Waals surface area contributed by atoms with E-state index in [9.17, 15) is 4.79 Å². The Labute approximate surface area is 159 Å². The third kappa shape index (κ3) is 6.18. The number of benzene rings is 2. The van der Waals surface area contributed by atoms with Gasteiger partial charge in [-0.05, 0) is 44.0 Å². The van der Waals surface area contributed by atoms with Crippen LogP contribution in [0.15, 0.2) is 48.5 Å². The second-order valence-electron chi connectivity index (χ2n) is 6.34. The lowest BCUT2D eigenvalue weighted by atomic mass is 10.2. The Morgan fingerprint density at radius 1 is 1.11 bits per heavy atom. The van der Waals surface area contributed by atoms with Crippen LogP contribution in [0.4, 0.5) is 11.4 Å². The van der Waals surface area contributed by atoms with Crippen molar-refractivity contribution in [2.75, 3.05) is 37.0 Å². The van der Waals surface area contributed by atoms with Crippen LogP contribution in [0.5, 0.6) is 11.5 Å². The molecule has 0 radical (unpaired) electrons. The summed E-state index contributed by atoms with van der Waals surface area (Å²) < 4.78 is 16.8. The van der Waals surface area contributed by atoms with E-state index in [2.05, 4.69) is 10.6 Å². The zero-order valence-corrected chi connectivity index (χ0v) is 15.6. The summed E-state index contributed by atoms with van der Waals surface area (Å²) in [6.45, 7) is 4.05. The molecule has 144 valence electrons. The molecule has 1 saturated heterocycles. The lowest BCUT2D eigenvalue weighted by Crippen LogP contribution is -2.21. The number of rotatable bonds is 9. The van der Waals surface area contributed by atoms with Crippen LogP contribution in [-0.2, 0) is 9.53 Å². The fourth-order valence-electron chi connectivity index (χ4n) is 2.88. The SMILES string of the molecule is CCOc1cccc(NCC(=O)Nc2cccc(OCC3CCCO3)c2)c1. The summed E-state index contributed by atoms with van der Waals surface area (Å²) in [7, 11) is 0. The molecular formula is C21H26N2O4. The number of hydrogen-bond acceptors (Lipinski definition) is 5. The van der Waals surface area contributed by atoms with Crippen LogP contribution in [0.3, 0.4) is 0 Å². The fourth-order valence-corrected chi connectivity index (χ4v) is 2.88. The highest BCUT2D eigenvalue weighted by Crippen LogP contribution is 2.20. The Morgan fingerprint density at radius 2 is 1.85 bits per heavy atom. The van der Waals surface area contributed by atoms with E-state index in [1.807, 2.05) is 55.5 Å². The second kappa shape index (κ2) is 9.83. The number of anilines is 2. The molecule has 2 aromatic rings. The monoisotopic (exact) mass is 370 g/mol. The minimum atomic E-state index is -0.131. The van der Waals surface area contributed by atoms with Gasteiger partial charge in [-0.3, -0.25) is 4.79 Å². The first kappa shape index (κ1) is 19.0. The molecule has 6 heteroatoms. The van der Waals surface area contributed by atoms with Gasteiger partial charge in [0.2, 0.25) is 5.91 Å². The maximum atomic E-state index is 12.2. The van der Waals surface area contributed by atoms with E-state index in [0.717, 1.165) is 36.6 Å². The molecule has 0 bridgehead atoms. The molecule has 3 rings (SSSR count). The van der Waals surface area contributed by atoms with E-state index in [4.69, 9.17) is 14.2 Å². The molecule has 1 aliphatic heterocycles. The van der Waals surface area contributed by atoms with Gasteiger partial charge in [0.25, 0.3) is 0 Å². The molecule has 0 aromatic heterocycles. The van der Waals surface area contributed by atoms with Gasteiger partial charge in [0.15, 0.2) is 0 Å². The van der Waals surface area contributed by atoms with Crippen molar-refractivity contribution in [3.63, 3.8) is 0 Å². The molecule has 1 amide bonds. The quantitative estimate of drug-likeness (QED) is 0.704. The predicted molar refractivity (Wildman–Crippen MR) is 106 cm³/mol. The smallest absolute Gasteiger partial charge is 0.243 e. The van der Waals surface area contributed by atoms with Crippen molar-refractivity contribution in [1.82, 2.24) is 0 Å².